The van der Waals surface area contributed by atoms with Gasteiger partial charge in [0.25, 0.3) is 5.69 Å². The van der Waals surface area contributed by atoms with Gasteiger partial charge in [0.2, 0.25) is 0 Å². The Labute approximate surface area is 105 Å². The first kappa shape index (κ1) is 16.8. The van der Waals surface area contributed by atoms with Crippen LogP contribution in [0.15, 0.2) is 24.3 Å². The Kier molecular flexibility index (Phi) is 6.76. The quantitative estimate of drug-likeness (QED) is 0.674. The molecule has 0 amide bonds. The van der Waals surface area contributed by atoms with Crippen LogP contribution in [0.4, 0.5) is 5.69 Å². The number of hydrogen-bond donors (Lipinski definition) is 1. The van der Waals surface area contributed by atoms with E-state index in [9.17, 15) is 10.1 Å². The van der Waals surface area contributed by atoms with Gasteiger partial charge in [0.15, 0.2) is 0 Å². The highest BCUT2D eigenvalue weighted by Crippen LogP contribution is 2.21. The second kappa shape index (κ2) is 6.05. The number of non-ortho nitro benzene ring substituents is 1. The van der Waals surface area contributed by atoms with Gasteiger partial charge in [-0.05, 0) is 19.4 Å². The molecule has 1 rings (SSSR count). The number of halogens is 2. The van der Waals surface area contributed by atoms with E-state index >= 15 is 0 Å². The summed E-state index contributed by atoms with van der Waals surface area (Å²) in [7, 11) is 0. The molecule has 0 aliphatic heterocycles. The number of nitro groups is 1. The van der Waals surface area contributed by atoms with Crippen LogP contribution in [0, 0.1) is 10.1 Å². The lowest BCUT2D eigenvalue weighted by molar-refractivity contribution is -0.385. The maximum absolute atomic E-state index is 10.4. The highest BCUT2D eigenvalue weighted by molar-refractivity contribution is 8.93. The summed E-state index contributed by atoms with van der Waals surface area (Å²) in [5.74, 6) is 0. The molecule has 6 heteroatoms. The highest BCUT2D eigenvalue weighted by atomic mass is 79.9. The van der Waals surface area contributed by atoms with Crippen LogP contribution >= 0.6 is 29.4 Å². The number of nitrogens with zero attached hydrogens (tertiary/aromatic N) is 1. The molecule has 0 aliphatic carbocycles. The first-order valence-corrected chi connectivity index (χ1v) is 3.95. The normalized spacial score (nSPS) is 9.80. The molecule has 0 bridgehead atoms. The Bertz CT molecular complexity index is 339. The molecule has 15 heavy (non-hydrogen) atoms. The van der Waals surface area contributed by atoms with E-state index in [1.807, 2.05) is 13.8 Å². The molecule has 2 N–H and O–H groups in total. The van der Waals surface area contributed by atoms with Gasteiger partial charge in [0, 0.05) is 17.7 Å². The minimum atomic E-state index is -0.536. The summed E-state index contributed by atoms with van der Waals surface area (Å²) in [5.41, 5.74) is 6.11. The van der Waals surface area contributed by atoms with Crippen LogP contribution in [-0.4, -0.2) is 4.92 Å². The Morgan fingerprint density at radius 2 is 1.93 bits per heavy atom. The first-order valence-electron chi connectivity index (χ1n) is 3.95. The summed E-state index contributed by atoms with van der Waals surface area (Å²) in [6.45, 7) is 3.62. The van der Waals surface area contributed by atoms with Gasteiger partial charge in [0.05, 0.1) is 4.92 Å². The molecule has 0 unspecified atom stereocenters. The van der Waals surface area contributed by atoms with Crippen molar-refractivity contribution in [1.82, 2.24) is 0 Å². The Balaban J connectivity index is 0. The lowest BCUT2D eigenvalue weighted by atomic mass is 9.95. The molecule has 1 aromatic rings. The molecule has 0 fully saturated rings. The lowest BCUT2D eigenvalue weighted by Crippen LogP contribution is -2.28. The molecule has 0 aromatic heterocycles. The molecular weight excluding hydrogens is 283 g/mol. The lowest BCUT2D eigenvalue weighted by Gasteiger charge is -2.18. The monoisotopic (exact) mass is 296 g/mol. The Hall–Kier alpha value is -0.650. The van der Waals surface area contributed by atoms with Crippen molar-refractivity contribution in [2.24, 2.45) is 5.73 Å². The number of rotatable bonds is 2. The molecule has 4 nitrogen and oxygen atoms in total. The van der Waals surface area contributed by atoms with Crippen LogP contribution < -0.4 is 5.73 Å². The zero-order chi connectivity index (χ0) is 10.1. The number of nitro benzene ring substituents is 1. The summed E-state index contributed by atoms with van der Waals surface area (Å²) in [6.07, 6.45) is 0. The van der Waals surface area contributed by atoms with Gasteiger partial charge in [-0.2, -0.15) is 0 Å². The van der Waals surface area contributed by atoms with Crippen molar-refractivity contribution >= 4 is 35.1 Å². The van der Waals surface area contributed by atoms with E-state index in [0.717, 1.165) is 5.56 Å². The average Bonchev–Trinajstić information content (AvgIpc) is 2.03. The third kappa shape index (κ3) is 4.59. The molecule has 1 aromatic carbocycles. The van der Waals surface area contributed by atoms with Gasteiger partial charge >= 0.3 is 0 Å². The van der Waals surface area contributed by atoms with Crippen LogP contribution in [0.5, 0.6) is 0 Å². The standard InChI is InChI=1S/C9H12N2O2.BrH.ClH/c1-9(2,10)7-4-3-5-8(6-7)11(12)13;;/h3-6H,10H2,1-2H3;2*1H. The first-order chi connectivity index (χ1) is 5.91. The van der Waals surface area contributed by atoms with Crippen LogP contribution in [0.25, 0.3) is 0 Å². The van der Waals surface area contributed by atoms with Crippen molar-refractivity contribution in [3.05, 3.63) is 39.9 Å². The highest BCUT2D eigenvalue weighted by Gasteiger charge is 2.16. The second-order valence-corrected chi connectivity index (χ2v) is 3.53. The van der Waals surface area contributed by atoms with E-state index in [-0.39, 0.29) is 35.1 Å². The van der Waals surface area contributed by atoms with E-state index in [1.54, 1.807) is 12.1 Å². The smallest absolute Gasteiger partial charge is 0.269 e. The van der Waals surface area contributed by atoms with E-state index in [2.05, 4.69) is 0 Å². The second-order valence-electron chi connectivity index (χ2n) is 3.53. The van der Waals surface area contributed by atoms with E-state index < -0.39 is 10.5 Å². The number of hydrogen-bond acceptors (Lipinski definition) is 3. The zero-order valence-corrected chi connectivity index (χ0v) is 11.0. The van der Waals surface area contributed by atoms with Crippen molar-refractivity contribution in [3.63, 3.8) is 0 Å². The Morgan fingerprint density at radius 1 is 1.40 bits per heavy atom. The van der Waals surface area contributed by atoms with Gasteiger partial charge in [-0.1, -0.05) is 12.1 Å². The van der Waals surface area contributed by atoms with Crippen LogP contribution in [0.2, 0.25) is 0 Å². The van der Waals surface area contributed by atoms with E-state index in [4.69, 9.17) is 5.73 Å². The fraction of sp³-hybridized carbons (Fsp3) is 0.333. The number of nitrogens with two attached hydrogens (primary N) is 1. The van der Waals surface area contributed by atoms with Crippen LogP contribution in [-0.2, 0) is 5.54 Å². The summed E-state index contributed by atoms with van der Waals surface area (Å²) in [5, 5.41) is 10.4. The third-order valence-electron chi connectivity index (χ3n) is 1.80. The molecule has 86 valence electrons. The SMILES string of the molecule is Br.CC(C)(N)c1cccc([N+](=O)[O-])c1.Cl. The molecule has 0 atom stereocenters. The molecule has 0 radical (unpaired) electrons. The predicted octanol–water partition coefficient (Wildman–Crippen LogP) is 2.79. The van der Waals surface area contributed by atoms with Gasteiger partial charge in [0.1, 0.15) is 0 Å². The summed E-state index contributed by atoms with van der Waals surface area (Å²) in [6, 6.07) is 6.38. The number of benzene rings is 1. The zero-order valence-electron chi connectivity index (χ0n) is 8.47. The van der Waals surface area contributed by atoms with Gasteiger partial charge in [-0.25, -0.2) is 0 Å². The maximum Gasteiger partial charge on any atom is 0.269 e. The van der Waals surface area contributed by atoms with Crippen LogP contribution in [0.3, 0.4) is 0 Å². The van der Waals surface area contributed by atoms with Crippen molar-refractivity contribution in [2.75, 3.05) is 0 Å². The largest absolute Gasteiger partial charge is 0.322 e. The van der Waals surface area contributed by atoms with Crippen molar-refractivity contribution in [1.29, 1.82) is 0 Å². The molecule has 0 spiro atoms. The fourth-order valence-corrected chi connectivity index (χ4v) is 1.02. The van der Waals surface area contributed by atoms with Gasteiger partial charge in [-0.3, -0.25) is 10.1 Å². The third-order valence-corrected chi connectivity index (χ3v) is 1.80. The maximum atomic E-state index is 10.4. The summed E-state index contributed by atoms with van der Waals surface area (Å²) >= 11 is 0. The molecule has 0 heterocycles. The van der Waals surface area contributed by atoms with Crippen molar-refractivity contribution in [3.8, 4) is 0 Å². The van der Waals surface area contributed by atoms with Gasteiger partial charge < -0.3 is 5.73 Å². The minimum absolute atomic E-state index is 0. The molecular formula is C9H14BrClN2O2. The molecule has 0 saturated heterocycles. The molecule has 0 saturated carbocycles. The Morgan fingerprint density at radius 3 is 2.33 bits per heavy atom. The van der Waals surface area contributed by atoms with E-state index in [1.165, 1.54) is 12.1 Å². The van der Waals surface area contributed by atoms with E-state index in [0.29, 0.717) is 0 Å². The topological polar surface area (TPSA) is 69.2 Å². The minimum Gasteiger partial charge on any atom is -0.322 e. The van der Waals surface area contributed by atoms with Crippen molar-refractivity contribution in [2.45, 2.75) is 19.4 Å². The summed E-state index contributed by atoms with van der Waals surface area (Å²) < 4.78 is 0. The molecule has 0 aliphatic rings. The average molecular weight is 298 g/mol. The van der Waals surface area contributed by atoms with Crippen LogP contribution in [0.1, 0.15) is 19.4 Å². The van der Waals surface area contributed by atoms with Crippen molar-refractivity contribution < 1.29 is 4.92 Å². The fourth-order valence-electron chi connectivity index (χ4n) is 1.02. The van der Waals surface area contributed by atoms with Gasteiger partial charge in [-0.15, -0.1) is 29.4 Å². The predicted molar refractivity (Wildman–Crippen MR) is 67.9 cm³/mol. The summed E-state index contributed by atoms with van der Waals surface area (Å²) in [4.78, 5) is 10.0.